The van der Waals surface area contributed by atoms with Crippen LogP contribution in [0.25, 0.3) is 0 Å². The van der Waals surface area contributed by atoms with Gasteiger partial charge in [0.2, 0.25) is 29.2 Å². The van der Waals surface area contributed by atoms with Crippen LogP contribution in [0.1, 0.15) is 43.0 Å². The smallest absolute Gasteiger partial charge is 0.335 e. The number of benzene rings is 4. The number of fused-ring (bicyclic) bond motifs is 9. The lowest BCUT2D eigenvalue weighted by molar-refractivity contribution is -0.385. The molecule has 4 aromatic carbocycles. The summed E-state index contributed by atoms with van der Waals surface area (Å²) in [5, 5.41) is 52.7. The highest BCUT2D eigenvalue weighted by Gasteiger charge is 2.36. The average molecular weight is 851 g/mol. The molecule has 6 rings (SSSR count). The predicted octanol–water partition coefficient (Wildman–Crippen LogP) is 4.26. The van der Waals surface area contributed by atoms with E-state index < -0.39 is 69.5 Å². The number of rotatable bonds is 13. The van der Waals surface area contributed by atoms with Crippen LogP contribution in [0.4, 0.5) is 11.4 Å². The zero-order valence-electron chi connectivity index (χ0n) is 32.4. The zero-order valence-corrected chi connectivity index (χ0v) is 33.3. The molecule has 20 heteroatoms. The molecule has 0 saturated heterocycles. The minimum atomic E-state index is -2.34. The van der Waals surface area contributed by atoms with Gasteiger partial charge in [0.25, 0.3) is 5.69 Å². The first kappa shape index (κ1) is 45.9. The summed E-state index contributed by atoms with van der Waals surface area (Å²) < 4.78 is 17.7. The number of carboxylic acid groups (broad SMARTS) is 1. The number of nitrogens with zero attached hydrogens (tertiary/aromatic N) is 2. The molecule has 0 aliphatic carbocycles. The Hall–Kier alpha value is -6.83. The van der Waals surface area contributed by atoms with Crippen molar-refractivity contribution in [2.45, 2.75) is 63.4 Å². The van der Waals surface area contributed by atoms with Crippen LogP contribution in [0.15, 0.2) is 84.9 Å². The molecule has 4 aromatic rings. The van der Waals surface area contributed by atoms with Crippen LogP contribution < -0.4 is 35.9 Å². The third-order valence-electron chi connectivity index (χ3n) is 9.24. The molecular formula is C40H43ClN6O13. The standard InChI is InChI=1S/C40H42N6O13.ClH/c1-21(2)15-27(41)37(48)42-29-17-23-9-14-31(30(18-23)46(55)56)59-33-20-24(19-32(36(33)57-3)58-26-12-10-25(11-13-26)45(53)54)34(35(47)40(51)52)44-39(50)28(43-38(29)49)16-22-7-5-4-6-8-22;/h4-14,18-21,27-29,34-35,47H,15-17,41H2,1-3H3,(H,42,48)(H,43,49)(H,44,50)(H,51,52);1H/t27-,28-,29+,34-,35-;/m1./s1. The van der Waals surface area contributed by atoms with E-state index in [0.717, 1.165) is 18.2 Å². The van der Waals surface area contributed by atoms with Crippen LogP contribution in [0.2, 0.25) is 0 Å². The maximum absolute atomic E-state index is 14.3. The number of carbonyl (C=O) groups excluding carboxylic acids is 3. The third kappa shape index (κ3) is 11.4. The number of non-ortho nitro benzene ring substituents is 1. The largest absolute Gasteiger partial charge is 0.490 e. The molecule has 0 saturated carbocycles. The maximum atomic E-state index is 14.3. The normalized spacial score (nSPS) is 17.5. The van der Waals surface area contributed by atoms with E-state index in [2.05, 4.69) is 16.0 Å². The summed E-state index contributed by atoms with van der Waals surface area (Å²) in [4.78, 5) is 76.5. The van der Waals surface area contributed by atoms with Crippen molar-refractivity contribution >= 4 is 47.5 Å². The van der Waals surface area contributed by atoms with Crippen molar-refractivity contribution in [3.8, 4) is 28.7 Å². The fraction of sp³-hybridized carbons (Fsp3) is 0.300. The first-order valence-electron chi connectivity index (χ1n) is 18.3. The Bertz CT molecular complexity index is 2230. The predicted molar refractivity (Wildman–Crippen MR) is 216 cm³/mol. The highest BCUT2D eigenvalue weighted by Crippen LogP contribution is 2.46. The van der Waals surface area contributed by atoms with Crippen LogP contribution in [0.3, 0.4) is 0 Å². The van der Waals surface area contributed by atoms with Crippen LogP contribution >= 0.6 is 12.4 Å². The van der Waals surface area contributed by atoms with Gasteiger partial charge in [-0.05, 0) is 59.4 Å². The molecule has 7 N–H and O–H groups in total. The average Bonchev–Trinajstić information content (AvgIpc) is 3.19. The molecule has 2 aliphatic rings. The Morgan fingerprint density at radius 1 is 0.950 bits per heavy atom. The van der Waals surface area contributed by atoms with Gasteiger partial charge >= 0.3 is 11.7 Å². The van der Waals surface area contributed by atoms with Gasteiger partial charge in [0.1, 0.15) is 17.8 Å². The fourth-order valence-corrected chi connectivity index (χ4v) is 6.34. The molecule has 3 amide bonds. The summed E-state index contributed by atoms with van der Waals surface area (Å²) in [5.74, 6) is -5.26. The van der Waals surface area contributed by atoms with E-state index in [4.69, 9.17) is 19.9 Å². The number of hydrogen-bond donors (Lipinski definition) is 6. The number of hydrogen-bond acceptors (Lipinski definition) is 13. The second kappa shape index (κ2) is 20.2. The van der Waals surface area contributed by atoms with Crippen molar-refractivity contribution in [2.24, 2.45) is 11.7 Å². The van der Waals surface area contributed by atoms with Gasteiger partial charge in [0, 0.05) is 31.0 Å². The van der Waals surface area contributed by atoms with E-state index in [1.165, 1.54) is 43.5 Å². The third-order valence-corrected chi connectivity index (χ3v) is 9.24. The summed E-state index contributed by atoms with van der Waals surface area (Å²) in [5.41, 5.74) is 5.92. The maximum Gasteiger partial charge on any atom is 0.335 e. The minimum absolute atomic E-state index is 0. The molecule has 19 nitrogen and oxygen atoms in total. The number of carbonyl (C=O) groups is 4. The lowest BCUT2D eigenvalue weighted by Crippen LogP contribution is -2.57. The topological polar surface area (TPSA) is 285 Å². The number of halogens is 1. The molecule has 318 valence electrons. The number of nitrogens with two attached hydrogens (primary N) is 1. The Kier molecular flexibility index (Phi) is 15.5. The van der Waals surface area contributed by atoms with Gasteiger partial charge in [0.05, 0.1) is 29.0 Å². The van der Waals surface area contributed by atoms with Crippen LogP contribution in [-0.2, 0) is 32.0 Å². The monoisotopic (exact) mass is 850 g/mol. The Morgan fingerprint density at radius 2 is 1.63 bits per heavy atom. The van der Waals surface area contributed by atoms with Gasteiger partial charge in [-0.2, -0.15) is 0 Å². The second-order valence-electron chi connectivity index (χ2n) is 14.1. The first-order chi connectivity index (χ1) is 28.0. The molecule has 0 fully saturated rings. The van der Waals surface area contributed by atoms with E-state index in [1.54, 1.807) is 30.3 Å². The second-order valence-corrected chi connectivity index (χ2v) is 14.1. The van der Waals surface area contributed by atoms with Gasteiger partial charge in [-0.1, -0.05) is 50.2 Å². The number of carboxylic acids is 1. The van der Waals surface area contributed by atoms with Gasteiger partial charge in [0.15, 0.2) is 17.6 Å². The van der Waals surface area contributed by atoms with Crippen molar-refractivity contribution in [2.75, 3.05) is 7.11 Å². The van der Waals surface area contributed by atoms with Crippen molar-refractivity contribution in [3.05, 3.63) is 122 Å². The number of methoxy groups -OCH3 is 1. The molecule has 2 heterocycles. The number of amides is 3. The van der Waals surface area contributed by atoms with Gasteiger partial charge in [-0.15, -0.1) is 12.4 Å². The van der Waals surface area contributed by atoms with Gasteiger partial charge in [-0.3, -0.25) is 34.6 Å². The van der Waals surface area contributed by atoms with Crippen molar-refractivity contribution in [1.82, 2.24) is 16.0 Å². The fourth-order valence-electron chi connectivity index (χ4n) is 6.34. The number of aliphatic carboxylic acids is 1. The summed E-state index contributed by atoms with van der Waals surface area (Å²) in [7, 11) is 1.22. The summed E-state index contributed by atoms with van der Waals surface area (Å²) >= 11 is 0. The van der Waals surface area contributed by atoms with Crippen molar-refractivity contribution in [3.63, 3.8) is 0 Å². The molecular weight excluding hydrogens is 808 g/mol. The number of nitro groups is 2. The molecule has 0 radical (unpaired) electrons. The number of ether oxygens (including phenoxy) is 3. The van der Waals surface area contributed by atoms with Crippen LogP contribution in [0, 0.1) is 26.1 Å². The summed E-state index contributed by atoms with van der Waals surface area (Å²) in [6.45, 7) is 3.71. The Labute approximate surface area is 348 Å². The molecule has 2 aliphatic heterocycles. The molecule has 60 heavy (non-hydrogen) atoms. The highest BCUT2D eigenvalue weighted by molar-refractivity contribution is 5.93. The first-order valence-corrected chi connectivity index (χ1v) is 18.3. The van der Waals surface area contributed by atoms with E-state index in [-0.39, 0.29) is 83.1 Å². The van der Waals surface area contributed by atoms with E-state index in [1.807, 2.05) is 13.8 Å². The number of aliphatic hydroxyl groups excluding tert-OH is 1. The molecule has 0 aromatic heterocycles. The highest BCUT2D eigenvalue weighted by atomic mass is 35.5. The van der Waals surface area contributed by atoms with E-state index in [0.29, 0.717) is 5.56 Å². The number of nitrogens with one attached hydrogen (secondary N) is 3. The summed E-state index contributed by atoms with van der Waals surface area (Å²) in [6.07, 6.45) is -2.52. The van der Waals surface area contributed by atoms with Crippen LogP contribution in [0.5, 0.6) is 28.7 Å². The van der Waals surface area contributed by atoms with Crippen LogP contribution in [-0.4, -0.2) is 75.1 Å². The SMILES string of the molecule is COc1c(Oc2ccc([N+](=O)[O-])cc2)cc2cc1Oc1ccc(cc1[N+](=O)[O-])C[C@H](NC(=O)[C@H](N)CC(C)C)C(=O)N[C@H](Cc1ccccc1)C(=O)N[C@H]2[C@@H](O)C(=O)O.Cl. The van der Waals surface area contributed by atoms with Crippen molar-refractivity contribution < 1.29 is 53.4 Å². The minimum Gasteiger partial charge on any atom is -0.490 e. The Balaban J connectivity index is 0.00000794. The molecule has 4 bridgehead atoms. The molecule has 0 spiro atoms. The lowest BCUT2D eigenvalue weighted by Gasteiger charge is -2.28. The molecule has 5 atom stereocenters. The lowest BCUT2D eigenvalue weighted by atomic mass is 9.97. The summed E-state index contributed by atoms with van der Waals surface area (Å²) in [6, 6.07) is 13.8. The van der Waals surface area contributed by atoms with E-state index in [9.17, 15) is 49.6 Å². The van der Waals surface area contributed by atoms with Gasteiger partial charge in [-0.25, -0.2) is 4.79 Å². The number of aliphatic hydroxyl groups is 1. The van der Waals surface area contributed by atoms with Crippen molar-refractivity contribution in [1.29, 1.82) is 0 Å². The van der Waals surface area contributed by atoms with E-state index >= 15 is 0 Å². The number of nitro benzene ring substituents is 2. The zero-order chi connectivity index (χ0) is 43.0. The van der Waals surface area contributed by atoms with Gasteiger partial charge < -0.3 is 46.1 Å². The molecule has 0 unspecified atom stereocenters. The quantitative estimate of drug-likeness (QED) is 0.0810. The Morgan fingerprint density at radius 3 is 2.23 bits per heavy atom.